The minimum atomic E-state index is -0.450. The molecule has 27 heavy (non-hydrogen) atoms. The Hall–Kier alpha value is -3.72. The average molecular weight is 357 g/mol. The Morgan fingerprint density at radius 1 is 1.22 bits per heavy atom. The van der Waals surface area contributed by atoms with E-state index in [-0.39, 0.29) is 5.57 Å². The molecule has 2 heterocycles. The van der Waals surface area contributed by atoms with Crippen LogP contribution >= 0.6 is 0 Å². The van der Waals surface area contributed by atoms with Gasteiger partial charge in [-0.2, -0.15) is 10.4 Å². The molecule has 0 bridgehead atoms. The summed E-state index contributed by atoms with van der Waals surface area (Å²) in [6.45, 7) is 3.91. The van der Waals surface area contributed by atoms with Crippen molar-refractivity contribution in [2.24, 2.45) is 7.05 Å². The van der Waals surface area contributed by atoms with Crippen molar-refractivity contribution >= 4 is 17.7 Å². The molecule has 2 aromatic heterocycles. The monoisotopic (exact) mass is 357 g/mol. The van der Waals surface area contributed by atoms with Gasteiger partial charge >= 0.3 is 0 Å². The van der Waals surface area contributed by atoms with Crippen LogP contribution in [-0.4, -0.2) is 20.7 Å². The number of hydrogen-bond donors (Lipinski definition) is 1. The fraction of sp³-hybridized carbons (Fsp3) is 0.143. The third-order valence-corrected chi connectivity index (χ3v) is 4.11. The van der Waals surface area contributed by atoms with E-state index in [9.17, 15) is 10.1 Å². The van der Waals surface area contributed by atoms with E-state index in [2.05, 4.69) is 15.4 Å². The third-order valence-electron chi connectivity index (χ3n) is 4.11. The van der Waals surface area contributed by atoms with Gasteiger partial charge in [0.2, 0.25) is 0 Å². The molecule has 0 atom stereocenters. The second-order valence-electron chi connectivity index (χ2n) is 6.28. The molecule has 3 aromatic rings. The van der Waals surface area contributed by atoms with Crippen LogP contribution in [0.1, 0.15) is 16.7 Å². The van der Waals surface area contributed by atoms with Gasteiger partial charge in [0.25, 0.3) is 5.91 Å². The highest BCUT2D eigenvalue weighted by molar-refractivity contribution is 6.10. The van der Waals surface area contributed by atoms with Gasteiger partial charge in [0.15, 0.2) is 0 Å². The number of nitrogens with one attached hydrogen (secondary N) is 1. The molecule has 1 N–H and O–H groups in total. The SMILES string of the molecule is Cc1ccc(NC(=O)/C(C#N)=C\c2cn(C)nc2-c2ccncc2)c(C)c1. The lowest BCUT2D eigenvalue weighted by Crippen LogP contribution is -2.14. The van der Waals surface area contributed by atoms with Crippen LogP contribution in [0.15, 0.2) is 54.5 Å². The summed E-state index contributed by atoms with van der Waals surface area (Å²) in [6.07, 6.45) is 6.68. The number of nitriles is 1. The van der Waals surface area contributed by atoms with E-state index >= 15 is 0 Å². The van der Waals surface area contributed by atoms with Gasteiger partial charge in [-0.15, -0.1) is 0 Å². The van der Waals surface area contributed by atoms with E-state index < -0.39 is 5.91 Å². The number of nitrogens with zero attached hydrogens (tertiary/aromatic N) is 4. The number of carbonyl (C=O) groups is 1. The number of pyridine rings is 1. The first kappa shape index (κ1) is 18.1. The second kappa shape index (κ2) is 7.67. The molecule has 0 fully saturated rings. The molecule has 0 saturated carbocycles. The molecule has 0 saturated heterocycles. The van der Waals surface area contributed by atoms with Crippen LogP contribution in [0.3, 0.4) is 0 Å². The van der Waals surface area contributed by atoms with Crippen LogP contribution in [0.2, 0.25) is 0 Å². The van der Waals surface area contributed by atoms with E-state index in [0.717, 1.165) is 16.7 Å². The Labute approximate surface area is 157 Å². The molecule has 0 radical (unpaired) electrons. The van der Waals surface area contributed by atoms with Crippen molar-refractivity contribution in [3.63, 3.8) is 0 Å². The van der Waals surface area contributed by atoms with Gasteiger partial charge in [0.1, 0.15) is 11.6 Å². The van der Waals surface area contributed by atoms with E-state index in [0.29, 0.717) is 16.9 Å². The van der Waals surface area contributed by atoms with Gasteiger partial charge in [-0.05, 0) is 43.7 Å². The van der Waals surface area contributed by atoms with Crippen LogP contribution in [0, 0.1) is 25.2 Å². The van der Waals surface area contributed by atoms with E-state index in [1.165, 1.54) is 0 Å². The lowest BCUT2D eigenvalue weighted by atomic mass is 10.1. The van der Waals surface area contributed by atoms with E-state index in [4.69, 9.17) is 0 Å². The van der Waals surface area contributed by atoms with Crippen molar-refractivity contribution in [1.29, 1.82) is 5.26 Å². The van der Waals surface area contributed by atoms with Crippen molar-refractivity contribution in [3.05, 3.63) is 71.2 Å². The van der Waals surface area contributed by atoms with Crippen molar-refractivity contribution < 1.29 is 4.79 Å². The van der Waals surface area contributed by atoms with Crippen LogP contribution in [0.5, 0.6) is 0 Å². The topological polar surface area (TPSA) is 83.6 Å². The summed E-state index contributed by atoms with van der Waals surface area (Å²) in [7, 11) is 1.80. The van der Waals surface area contributed by atoms with E-state index in [1.807, 2.05) is 50.2 Å². The molecular formula is C21H19N5O. The highest BCUT2D eigenvalue weighted by atomic mass is 16.1. The van der Waals surface area contributed by atoms with Crippen molar-refractivity contribution in [2.75, 3.05) is 5.32 Å². The third kappa shape index (κ3) is 4.10. The number of hydrogen-bond acceptors (Lipinski definition) is 4. The number of carbonyl (C=O) groups excluding carboxylic acids is 1. The summed E-state index contributed by atoms with van der Waals surface area (Å²) in [6, 6.07) is 11.4. The van der Waals surface area contributed by atoms with Crippen LogP contribution in [0.4, 0.5) is 5.69 Å². The number of benzene rings is 1. The van der Waals surface area contributed by atoms with Crippen molar-refractivity contribution in [1.82, 2.24) is 14.8 Å². The maximum Gasteiger partial charge on any atom is 0.266 e. The summed E-state index contributed by atoms with van der Waals surface area (Å²) in [5.41, 5.74) is 5.00. The molecule has 1 aromatic carbocycles. The standard InChI is InChI=1S/C21H19N5O/c1-14-4-5-19(15(2)10-14)24-21(27)17(12-22)11-18-13-26(3)25-20(18)16-6-8-23-9-7-16/h4-11,13H,1-3H3,(H,24,27)/b17-11-. The zero-order valence-electron chi connectivity index (χ0n) is 15.4. The first-order chi connectivity index (χ1) is 13.0. The molecule has 134 valence electrons. The summed E-state index contributed by atoms with van der Waals surface area (Å²) in [5.74, 6) is -0.450. The average Bonchev–Trinajstić information content (AvgIpc) is 3.03. The maximum atomic E-state index is 12.6. The molecule has 6 nitrogen and oxygen atoms in total. The van der Waals surface area contributed by atoms with Crippen LogP contribution < -0.4 is 5.32 Å². The lowest BCUT2D eigenvalue weighted by Gasteiger charge is -2.08. The summed E-state index contributed by atoms with van der Waals surface area (Å²) in [4.78, 5) is 16.6. The number of amides is 1. The lowest BCUT2D eigenvalue weighted by molar-refractivity contribution is -0.112. The minimum Gasteiger partial charge on any atom is -0.321 e. The normalized spacial score (nSPS) is 11.1. The predicted molar refractivity (Wildman–Crippen MR) is 105 cm³/mol. The number of anilines is 1. The largest absolute Gasteiger partial charge is 0.321 e. The Morgan fingerprint density at radius 3 is 2.63 bits per heavy atom. The molecule has 6 heteroatoms. The van der Waals surface area contributed by atoms with Crippen molar-refractivity contribution in [2.45, 2.75) is 13.8 Å². The van der Waals surface area contributed by atoms with Gasteiger partial charge in [0, 0.05) is 42.5 Å². The number of aromatic nitrogens is 3. The molecular weight excluding hydrogens is 338 g/mol. The highest BCUT2D eigenvalue weighted by Gasteiger charge is 2.14. The van der Waals surface area contributed by atoms with Crippen LogP contribution in [0.25, 0.3) is 17.3 Å². The highest BCUT2D eigenvalue weighted by Crippen LogP contribution is 2.24. The molecule has 0 spiro atoms. The number of aryl methyl sites for hydroxylation is 3. The van der Waals surface area contributed by atoms with Gasteiger partial charge < -0.3 is 5.32 Å². The summed E-state index contributed by atoms with van der Waals surface area (Å²) >= 11 is 0. The molecule has 0 aliphatic heterocycles. The molecule has 0 aliphatic rings. The molecule has 3 rings (SSSR count). The zero-order valence-corrected chi connectivity index (χ0v) is 15.4. The van der Waals surface area contributed by atoms with Gasteiger partial charge in [0.05, 0.1) is 5.69 Å². The van der Waals surface area contributed by atoms with E-state index in [1.54, 1.807) is 36.4 Å². The number of rotatable bonds is 4. The quantitative estimate of drug-likeness (QED) is 0.571. The Balaban J connectivity index is 1.93. The van der Waals surface area contributed by atoms with Crippen molar-refractivity contribution in [3.8, 4) is 17.3 Å². The first-order valence-corrected chi connectivity index (χ1v) is 8.42. The maximum absolute atomic E-state index is 12.6. The van der Waals surface area contributed by atoms with Gasteiger partial charge in [-0.3, -0.25) is 14.5 Å². The predicted octanol–water partition coefficient (Wildman–Crippen LogP) is 3.64. The Kier molecular flexibility index (Phi) is 5.13. The molecule has 0 aliphatic carbocycles. The Bertz CT molecular complexity index is 1060. The fourth-order valence-corrected chi connectivity index (χ4v) is 2.79. The smallest absolute Gasteiger partial charge is 0.266 e. The Morgan fingerprint density at radius 2 is 1.96 bits per heavy atom. The minimum absolute atomic E-state index is 0.0123. The van der Waals surface area contributed by atoms with Gasteiger partial charge in [-0.25, -0.2) is 0 Å². The zero-order chi connectivity index (χ0) is 19.4. The van der Waals surface area contributed by atoms with Gasteiger partial charge in [-0.1, -0.05) is 17.7 Å². The first-order valence-electron chi connectivity index (χ1n) is 8.42. The fourth-order valence-electron chi connectivity index (χ4n) is 2.79. The summed E-state index contributed by atoms with van der Waals surface area (Å²) < 4.78 is 1.65. The molecule has 1 amide bonds. The molecule has 0 unspecified atom stereocenters. The van der Waals surface area contributed by atoms with Crippen LogP contribution in [-0.2, 0) is 11.8 Å². The second-order valence-corrected chi connectivity index (χ2v) is 6.28. The summed E-state index contributed by atoms with van der Waals surface area (Å²) in [5, 5.41) is 16.7.